The summed E-state index contributed by atoms with van der Waals surface area (Å²) in [6.07, 6.45) is 2.39. The largest absolute Gasteiger partial charge is 0.493 e. The molecule has 3 rings (SSSR count). The van der Waals surface area contributed by atoms with E-state index in [9.17, 15) is 4.79 Å². The average Bonchev–Trinajstić information content (AvgIpc) is 2.54. The van der Waals surface area contributed by atoms with Crippen molar-refractivity contribution in [1.29, 1.82) is 0 Å². The predicted octanol–water partition coefficient (Wildman–Crippen LogP) is 1.90. The Balaban J connectivity index is 1.93. The predicted molar refractivity (Wildman–Crippen MR) is 79.4 cm³/mol. The quantitative estimate of drug-likeness (QED) is 0.886. The van der Waals surface area contributed by atoms with Crippen LogP contribution < -0.4 is 19.9 Å². The molecule has 1 aliphatic heterocycles. The summed E-state index contributed by atoms with van der Waals surface area (Å²) in [4.78, 5) is 11.1. The highest BCUT2D eigenvalue weighted by Crippen LogP contribution is 2.48. The van der Waals surface area contributed by atoms with Gasteiger partial charge in [-0.05, 0) is 37.8 Å². The van der Waals surface area contributed by atoms with E-state index in [2.05, 4.69) is 0 Å². The fourth-order valence-electron chi connectivity index (χ4n) is 3.31. The number of aliphatic carboxylic acids is 1. The van der Waals surface area contributed by atoms with Crippen LogP contribution in [0.3, 0.4) is 0 Å². The average molecular weight is 307 g/mol. The number of ether oxygens (including phenoxy) is 3. The maximum absolute atomic E-state index is 11.1. The minimum Gasteiger partial charge on any atom is -0.493 e. The van der Waals surface area contributed by atoms with Gasteiger partial charge in [0.1, 0.15) is 13.2 Å². The van der Waals surface area contributed by atoms with Gasteiger partial charge in [0, 0.05) is 11.1 Å². The van der Waals surface area contributed by atoms with Gasteiger partial charge in [-0.1, -0.05) is 0 Å². The molecule has 6 heteroatoms. The second kappa shape index (κ2) is 5.68. The van der Waals surface area contributed by atoms with E-state index in [-0.39, 0.29) is 5.92 Å². The molecule has 1 aliphatic carbocycles. The Labute approximate surface area is 129 Å². The van der Waals surface area contributed by atoms with E-state index in [1.807, 2.05) is 12.1 Å². The summed E-state index contributed by atoms with van der Waals surface area (Å²) in [5.41, 5.74) is 6.89. The first kappa shape index (κ1) is 15.0. The van der Waals surface area contributed by atoms with E-state index < -0.39 is 11.5 Å². The summed E-state index contributed by atoms with van der Waals surface area (Å²) in [6.45, 7) is 0.951. The normalized spacial score (nSPS) is 27.3. The van der Waals surface area contributed by atoms with Gasteiger partial charge in [0.25, 0.3) is 0 Å². The SMILES string of the molecule is COc1ccc([C@]2(N)CC[C@@H](C(=O)O)CC2)c2c1OCCO2. The molecule has 0 bridgehead atoms. The van der Waals surface area contributed by atoms with Crippen molar-refractivity contribution in [2.24, 2.45) is 11.7 Å². The highest BCUT2D eigenvalue weighted by molar-refractivity contribution is 5.70. The van der Waals surface area contributed by atoms with Gasteiger partial charge in [-0.3, -0.25) is 4.79 Å². The van der Waals surface area contributed by atoms with Crippen molar-refractivity contribution in [1.82, 2.24) is 0 Å². The summed E-state index contributed by atoms with van der Waals surface area (Å²) in [6, 6.07) is 3.74. The Kier molecular flexibility index (Phi) is 3.87. The van der Waals surface area contributed by atoms with Gasteiger partial charge in [-0.15, -0.1) is 0 Å². The number of methoxy groups -OCH3 is 1. The molecule has 22 heavy (non-hydrogen) atoms. The van der Waals surface area contributed by atoms with E-state index in [1.54, 1.807) is 7.11 Å². The fraction of sp³-hybridized carbons (Fsp3) is 0.562. The molecule has 0 spiro atoms. The molecule has 120 valence electrons. The molecule has 1 saturated carbocycles. The van der Waals surface area contributed by atoms with Crippen LogP contribution >= 0.6 is 0 Å². The zero-order valence-electron chi connectivity index (χ0n) is 12.6. The maximum atomic E-state index is 11.1. The van der Waals surface area contributed by atoms with Crippen LogP contribution in [0.2, 0.25) is 0 Å². The molecule has 6 nitrogen and oxygen atoms in total. The number of rotatable bonds is 3. The second-order valence-electron chi connectivity index (χ2n) is 5.94. The summed E-state index contributed by atoms with van der Waals surface area (Å²) in [5.74, 6) is 0.820. The van der Waals surface area contributed by atoms with E-state index in [4.69, 9.17) is 25.1 Å². The molecule has 1 heterocycles. The van der Waals surface area contributed by atoms with Crippen molar-refractivity contribution in [2.45, 2.75) is 31.2 Å². The zero-order valence-corrected chi connectivity index (χ0v) is 12.6. The topological polar surface area (TPSA) is 91.0 Å². The van der Waals surface area contributed by atoms with Gasteiger partial charge in [0.15, 0.2) is 11.5 Å². The van der Waals surface area contributed by atoms with Crippen LogP contribution in [0.15, 0.2) is 12.1 Å². The number of fused-ring (bicyclic) bond motifs is 1. The monoisotopic (exact) mass is 307 g/mol. The highest BCUT2D eigenvalue weighted by atomic mass is 16.6. The molecule has 0 atom stereocenters. The van der Waals surface area contributed by atoms with Crippen LogP contribution in [0.4, 0.5) is 0 Å². The zero-order chi connectivity index (χ0) is 15.7. The number of carboxylic acids is 1. The Hall–Kier alpha value is -1.95. The van der Waals surface area contributed by atoms with Crippen LogP contribution in [0.1, 0.15) is 31.2 Å². The van der Waals surface area contributed by atoms with E-state index in [1.165, 1.54) is 0 Å². The Morgan fingerprint density at radius 3 is 2.50 bits per heavy atom. The molecule has 0 radical (unpaired) electrons. The highest BCUT2D eigenvalue weighted by Gasteiger charge is 2.39. The third kappa shape index (κ3) is 2.47. The van der Waals surface area contributed by atoms with Crippen molar-refractivity contribution < 1.29 is 24.1 Å². The first-order valence-corrected chi connectivity index (χ1v) is 7.54. The molecular formula is C16H21NO5. The molecule has 0 aromatic heterocycles. The number of hydrogen-bond donors (Lipinski definition) is 2. The summed E-state index contributed by atoms with van der Waals surface area (Å²) in [5, 5.41) is 9.14. The molecule has 0 saturated heterocycles. The Morgan fingerprint density at radius 2 is 1.91 bits per heavy atom. The van der Waals surface area contributed by atoms with Gasteiger partial charge in [0.2, 0.25) is 5.75 Å². The summed E-state index contributed by atoms with van der Waals surface area (Å²) < 4.78 is 16.8. The van der Waals surface area contributed by atoms with Crippen LogP contribution in [-0.2, 0) is 10.3 Å². The number of hydrogen-bond acceptors (Lipinski definition) is 5. The lowest BCUT2D eigenvalue weighted by atomic mass is 9.73. The Morgan fingerprint density at radius 1 is 1.27 bits per heavy atom. The van der Waals surface area contributed by atoms with Gasteiger partial charge in [-0.25, -0.2) is 0 Å². The summed E-state index contributed by atoms with van der Waals surface area (Å²) >= 11 is 0. The second-order valence-corrected chi connectivity index (χ2v) is 5.94. The fourth-order valence-corrected chi connectivity index (χ4v) is 3.31. The lowest BCUT2D eigenvalue weighted by molar-refractivity contribution is -0.143. The number of carbonyl (C=O) groups is 1. The molecule has 1 aromatic rings. The summed E-state index contributed by atoms with van der Waals surface area (Å²) in [7, 11) is 1.59. The van der Waals surface area contributed by atoms with Crippen molar-refractivity contribution in [3.05, 3.63) is 17.7 Å². The molecule has 2 aliphatic rings. The lowest BCUT2D eigenvalue weighted by Crippen LogP contribution is -2.42. The smallest absolute Gasteiger partial charge is 0.306 e. The number of carboxylic acid groups (broad SMARTS) is 1. The minimum absolute atomic E-state index is 0.303. The van der Waals surface area contributed by atoms with Gasteiger partial charge >= 0.3 is 5.97 Å². The third-order valence-corrected chi connectivity index (χ3v) is 4.64. The first-order valence-electron chi connectivity index (χ1n) is 7.54. The molecular weight excluding hydrogens is 286 g/mol. The third-order valence-electron chi connectivity index (χ3n) is 4.64. The van der Waals surface area contributed by atoms with Gasteiger partial charge in [0.05, 0.1) is 13.0 Å². The lowest BCUT2D eigenvalue weighted by Gasteiger charge is -2.38. The van der Waals surface area contributed by atoms with Crippen LogP contribution in [0, 0.1) is 5.92 Å². The van der Waals surface area contributed by atoms with E-state index in [0.717, 1.165) is 5.56 Å². The van der Waals surface area contributed by atoms with Crippen molar-refractivity contribution in [3.63, 3.8) is 0 Å². The van der Waals surface area contributed by atoms with Crippen molar-refractivity contribution >= 4 is 5.97 Å². The van der Waals surface area contributed by atoms with E-state index in [0.29, 0.717) is 56.1 Å². The molecule has 1 fully saturated rings. The standard InChI is InChI=1S/C16H21NO5/c1-20-12-3-2-11(13-14(12)22-9-8-21-13)16(17)6-4-10(5-7-16)15(18)19/h2-3,10H,4-9,17H2,1H3,(H,18,19)/t10-,16+. The minimum atomic E-state index is -0.738. The molecule has 0 unspecified atom stereocenters. The van der Waals surface area contributed by atoms with Crippen LogP contribution in [0.25, 0.3) is 0 Å². The Bertz CT molecular complexity index is 578. The van der Waals surface area contributed by atoms with E-state index >= 15 is 0 Å². The first-order chi connectivity index (χ1) is 10.5. The number of nitrogens with two attached hydrogens (primary N) is 1. The molecule has 1 aromatic carbocycles. The van der Waals surface area contributed by atoms with Crippen molar-refractivity contribution in [3.8, 4) is 17.2 Å². The molecule has 0 amide bonds. The van der Waals surface area contributed by atoms with Crippen molar-refractivity contribution in [2.75, 3.05) is 20.3 Å². The number of benzene rings is 1. The van der Waals surface area contributed by atoms with Gasteiger partial charge in [-0.2, -0.15) is 0 Å². The maximum Gasteiger partial charge on any atom is 0.306 e. The van der Waals surface area contributed by atoms with Crippen LogP contribution in [0.5, 0.6) is 17.2 Å². The van der Waals surface area contributed by atoms with Crippen LogP contribution in [-0.4, -0.2) is 31.4 Å². The molecule has 3 N–H and O–H groups in total. The van der Waals surface area contributed by atoms with Gasteiger partial charge < -0.3 is 25.1 Å².